The molecule has 0 saturated carbocycles. The lowest BCUT2D eigenvalue weighted by molar-refractivity contribution is -0.148. The molecule has 1 atom stereocenters. The first-order valence-corrected chi connectivity index (χ1v) is 9.85. The lowest BCUT2D eigenvalue weighted by Crippen LogP contribution is -2.52. The molecule has 0 aliphatic carbocycles. The van der Waals surface area contributed by atoms with E-state index in [2.05, 4.69) is 0 Å². The molecule has 1 aliphatic rings. The van der Waals surface area contributed by atoms with Crippen LogP contribution >= 0.6 is 11.6 Å². The Morgan fingerprint density at radius 3 is 2.50 bits per heavy atom. The highest BCUT2D eigenvalue weighted by Gasteiger charge is 2.44. The molecule has 1 aromatic carbocycles. The smallest absolute Gasteiger partial charge is 0.329 e. The summed E-state index contributed by atoms with van der Waals surface area (Å²) in [4.78, 5) is 26.5. The normalized spacial score (nSPS) is 20.2. The number of hydrogen-bond donors (Lipinski definition) is 0. The molecule has 1 saturated heterocycles. The van der Waals surface area contributed by atoms with E-state index in [1.165, 1.54) is 30.5 Å². The first-order valence-electron chi connectivity index (χ1n) is 8.04. The maximum absolute atomic E-state index is 13.1. The Bertz CT molecular complexity index is 818. The average Bonchev–Trinajstić information content (AvgIpc) is 2.56. The van der Waals surface area contributed by atoms with Crippen molar-refractivity contribution in [2.45, 2.75) is 24.3 Å². The zero-order valence-corrected chi connectivity index (χ0v) is 16.4. The second-order valence-electron chi connectivity index (χ2n) is 5.95. The SMILES string of the molecule is CCOC(=O)C1/C(=C\N(C)C)C(=O)CCN1S(=O)(=O)c1ccc(Cl)cc1. The van der Waals surface area contributed by atoms with Crippen LogP contribution in [0.5, 0.6) is 0 Å². The summed E-state index contributed by atoms with van der Waals surface area (Å²) in [7, 11) is -0.642. The van der Waals surface area contributed by atoms with Gasteiger partial charge in [-0.1, -0.05) is 11.6 Å². The van der Waals surface area contributed by atoms with E-state index in [9.17, 15) is 18.0 Å². The van der Waals surface area contributed by atoms with Crippen molar-refractivity contribution in [2.24, 2.45) is 0 Å². The van der Waals surface area contributed by atoms with Gasteiger partial charge in [0.2, 0.25) is 10.0 Å². The Hall–Kier alpha value is -1.90. The van der Waals surface area contributed by atoms with Crippen molar-refractivity contribution >= 4 is 33.4 Å². The number of ether oxygens (including phenoxy) is 1. The number of hydrogen-bond acceptors (Lipinski definition) is 6. The van der Waals surface area contributed by atoms with Gasteiger partial charge in [0.15, 0.2) is 11.8 Å². The van der Waals surface area contributed by atoms with Gasteiger partial charge in [0.1, 0.15) is 0 Å². The Morgan fingerprint density at radius 2 is 1.96 bits per heavy atom. The predicted molar refractivity (Wildman–Crippen MR) is 97.2 cm³/mol. The van der Waals surface area contributed by atoms with Crippen LogP contribution in [0.4, 0.5) is 0 Å². The van der Waals surface area contributed by atoms with Gasteiger partial charge in [-0.3, -0.25) is 4.79 Å². The van der Waals surface area contributed by atoms with Gasteiger partial charge in [-0.15, -0.1) is 0 Å². The number of Topliss-reactive ketones (excluding diaryl/α,β-unsaturated/α-hetero) is 1. The molecule has 26 heavy (non-hydrogen) atoms. The van der Waals surface area contributed by atoms with Crippen LogP contribution in [-0.4, -0.2) is 62.7 Å². The van der Waals surface area contributed by atoms with E-state index < -0.39 is 22.0 Å². The summed E-state index contributed by atoms with van der Waals surface area (Å²) in [6, 6.07) is 4.33. The fourth-order valence-electron chi connectivity index (χ4n) is 2.68. The zero-order valence-electron chi connectivity index (χ0n) is 14.8. The number of ketones is 1. The number of rotatable bonds is 5. The molecule has 7 nitrogen and oxygen atoms in total. The number of esters is 1. The van der Waals surface area contributed by atoms with Crippen molar-refractivity contribution < 1.29 is 22.7 Å². The summed E-state index contributed by atoms with van der Waals surface area (Å²) in [5, 5.41) is 0.396. The Morgan fingerprint density at radius 1 is 1.35 bits per heavy atom. The molecule has 2 rings (SSSR count). The molecule has 142 valence electrons. The van der Waals surface area contributed by atoms with Crippen molar-refractivity contribution in [2.75, 3.05) is 27.2 Å². The molecule has 1 heterocycles. The van der Waals surface area contributed by atoms with E-state index in [0.29, 0.717) is 5.02 Å². The van der Waals surface area contributed by atoms with E-state index in [-0.39, 0.29) is 35.8 Å². The van der Waals surface area contributed by atoms with Crippen LogP contribution < -0.4 is 0 Å². The molecule has 1 aliphatic heterocycles. The second-order valence-corrected chi connectivity index (χ2v) is 8.27. The number of carbonyl (C=O) groups is 2. The van der Waals surface area contributed by atoms with Crippen LogP contribution in [0.1, 0.15) is 13.3 Å². The fourth-order valence-corrected chi connectivity index (χ4v) is 4.37. The Balaban J connectivity index is 2.54. The maximum Gasteiger partial charge on any atom is 0.329 e. The molecule has 0 spiro atoms. The first-order chi connectivity index (χ1) is 12.2. The van der Waals surface area contributed by atoms with Gasteiger partial charge in [-0.2, -0.15) is 4.31 Å². The van der Waals surface area contributed by atoms with E-state index >= 15 is 0 Å². The molecule has 1 unspecified atom stereocenters. The van der Waals surface area contributed by atoms with Crippen LogP contribution in [0.25, 0.3) is 0 Å². The molecular weight excluding hydrogens is 380 g/mol. The third-order valence-corrected chi connectivity index (χ3v) is 5.92. The Labute approximate surface area is 158 Å². The number of sulfonamides is 1. The van der Waals surface area contributed by atoms with Crippen molar-refractivity contribution in [1.82, 2.24) is 9.21 Å². The van der Waals surface area contributed by atoms with Crippen LogP contribution in [0.3, 0.4) is 0 Å². The van der Waals surface area contributed by atoms with Gasteiger partial charge in [0, 0.05) is 43.9 Å². The van der Waals surface area contributed by atoms with Crippen LogP contribution in [0.15, 0.2) is 40.9 Å². The summed E-state index contributed by atoms with van der Waals surface area (Å²) in [6.45, 7) is 1.60. The van der Waals surface area contributed by atoms with Crippen LogP contribution in [-0.2, 0) is 24.3 Å². The highest BCUT2D eigenvalue weighted by atomic mass is 35.5. The van der Waals surface area contributed by atoms with Crippen LogP contribution in [0, 0.1) is 0 Å². The van der Waals surface area contributed by atoms with Gasteiger partial charge >= 0.3 is 5.97 Å². The maximum atomic E-state index is 13.1. The minimum absolute atomic E-state index is 0.00486. The second kappa shape index (κ2) is 8.20. The molecule has 0 bridgehead atoms. The molecule has 0 radical (unpaired) electrons. The van der Waals surface area contributed by atoms with Gasteiger partial charge < -0.3 is 9.64 Å². The highest BCUT2D eigenvalue weighted by Crippen LogP contribution is 2.29. The molecule has 0 aromatic heterocycles. The van der Waals surface area contributed by atoms with Crippen molar-refractivity contribution in [3.8, 4) is 0 Å². The topological polar surface area (TPSA) is 84.0 Å². The molecular formula is C17H21ClN2O5S. The van der Waals surface area contributed by atoms with Gasteiger partial charge in [0.05, 0.1) is 11.5 Å². The lowest BCUT2D eigenvalue weighted by Gasteiger charge is -2.34. The third-order valence-electron chi connectivity index (χ3n) is 3.79. The standard InChI is InChI=1S/C17H21ClN2O5S/c1-4-25-17(22)16-14(11-19(2)3)15(21)9-10-20(16)26(23,24)13-7-5-12(18)6-8-13/h5-8,11,16H,4,9-10H2,1-3H3/b14-11-. The number of nitrogens with zero attached hydrogens (tertiary/aromatic N) is 2. The summed E-state index contributed by atoms with van der Waals surface area (Å²) in [5.74, 6) is -1.05. The molecule has 9 heteroatoms. The van der Waals surface area contributed by atoms with E-state index in [1.807, 2.05) is 0 Å². The minimum Gasteiger partial charge on any atom is -0.465 e. The van der Waals surface area contributed by atoms with E-state index in [1.54, 1.807) is 25.9 Å². The van der Waals surface area contributed by atoms with Crippen molar-refractivity contribution in [3.63, 3.8) is 0 Å². The summed E-state index contributed by atoms with van der Waals surface area (Å²) in [6.07, 6.45) is 1.45. The van der Waals surface area contributed by atoms with Crippen LogP contribution in [0.2, 0.25) is 5.02 Å². The molecule has 0 amide bonds. The van der Waals surface area contributed by atoms with E-state index in [0.717, 1.165) is 4.31 Å². The molecule has 1 fully saturated rings. The highest BCUT2D eigenvalue weighted by molar-refractivity contribution is 7.89. The van der Waals surface area contributed by atoms with Crippen molar-refractivity contribution in [3.05, 3.63) is 41.1 Å². The predicted octanol–water partition coefficient (Wildman–Crippen LogP) is 1.68. The molecule has 1 aromatic rings. The van der Waals surface area contributed by atoms with Gasteiger partial charge in [0.25, 0.3) is 0 Å². The number of carbonyl (C=O) groups excluding carboxylic acids is 2. The number of piperidine rings is 1. The monoisotopic (exact) mass is 400 g/mol. The summed E-state index contributed by atoms with van der Waals surface area (Å²) >= 11 is 5.83. The Kier molecular flexibility index (Phi) is 6.44. The van der Waals surface area contributed by atoms with Gasteiger partial charge in [-0.25, -0.2) is 13.2 Å². The summed E-state index contributed by atoms with van der Waals surface area (Å²) in [5.41, 5.74) is 0.0947. The lowest BCUT2D eigenvalue weighted by atomic mass is 9.97. The summed E-state index contributed by atoms with van der Waals surface area (Å²) < 4.78 is 32.2. The first kappa shape index (κ1) is 20.4. The zero-order chi connectivity index (χ0) is 19.5. The quantitative estimate of drug-likeness (QED) is 0.552. The van der Waals surface area contributed by atoms with Crippen molar-refractivity contribution in [1.29, 1.82) is 0 Å². The van der Waals surface area contributed by atoms with Gasteiger partial charge in [-0.05, 0) is 31.2 Å². The average molecular weight is 401 g/mol. The minimum atomic E-state index is -4.02. The largest absolute Gasteiger partial charge is 0.465 e. The van der Waals surface area contributed by atoms with E-state index in [4.69, 9.17) is 16.3 Å². The molecule has 0 N–H and O–H groups in total. The third kappa shape index (κ3) is 4.25. The number of halogens is 1. The number of benzene rings is 1. The fraction of sp³-hybridized carbons (Fsp3) is 0.412.